The lowest BCUT2D eigenvalue weighted by atomic mass is 10.3. The van der Waals surface area contributed by atoms with Crippen molar-refractivity contribution in [2.75, 3.05) is 12.3 Å². The van der Waals surface area contributed by atoms with Crippen molar-refractivity contribution in [3.63, 3.8) is 0 Å². The van der Waals surface area contributed by atoms with Crippen molar-refractivity contribution in [3.8, 4) is 0 Å². The summed E-state index contributed by atoms with van der Waals surface area (Å²) in [6, 6.07) is 3.14. The molecule has 6 heteroatoms. The number of nitrogens with one attached hydrogen (secondary N) is 1. The molecule has 0 spiro atoms. The van der Waals surface area contributed by atoms with Crippen LogP contribution in [-0.4, -0.2) is 23.3 Å². The molecule has 0 aliphatic rings. The monoisotopic (exact) mass is 222 g/mol. The van der Waals surface area contributed by atoms with Crippen LogP contribution in [0.2, 0.25) is 0 Å². The van der Waals surface area contributed by atoms with Gasteiger partial charge in [-0.15, -0.1) is 0 Å². The number of rotatable bonds is 5. The van der Waals surface area contributed by atoms with E-state index >= 15 is 0 Å². The van der Waals surface area contributed by atoms with Crippen molar-refractivity contribution in [1.82, 2.24) is 10.3 Å². The minimum absolute atomic E-state index is 0.259. The number of aromatic nitrogens is 1. The Labute approximate surface area is 93.0 Å². The number of carbonyl (C=O) groups excluding carboxylic acids is 2. The molecule has 0 saturated carbocycles. The number of primary amides is 1. The third-order valence-electron chi connectivity index (χ3n) is 1.90. The summed E-state index contributed by atoms with van der Waals surface area (Å²) in [5.74, 6) is -0.663. The fourth-order valence-electron chi connectivity index (χ4n) is 1.09. The minimum Gasteiger partial charge on any atom is -0.397 e. The lowest BCUT2D eigenvalue weighted by Gasteiger charge is -2.03. The number of pyridine rings is 1. The molecule has 0 unspecified atom stereocenters. The van der Waals surface area contributed by atoms with Crippen LogP contribution in [-0.2, 0) is 4.79 Å². The number of amides is 2. The predicted molar refractivity (Wildman–Crippen MR) is 59.4 cm³/mol. The molecule has 0 radical (unpaired) electrons. The zero-order valence-electron chi connectivity index (χ0n) is 8.77. The van der Waals surface area contributed by atoms with E-state index in [9.17, 15) is 9.59 Å². The number of nitrogens with two attached hydrogens (primary N) is 2. The van der Waals surface area contributed by atoms with Crippen LogP contribution < -0.4 is 16.8 Å². The van der Waals surface area contributed by atoms with E-state index in [4.69, 9.17) is 11.5 Å². The summed E-state index contributed by atoms with van der Waals surface area (Å²) in [6.45, 7) is 0.397. The van der Waals surface area contributed by atoms with Gasteiger partial charge in [-0.05, 0) is 18.6 Å². The predicted octanol–water partition coefficient (Wildman–Crippen LogP) is -0.341. The number of nitrogens with zero attached hydrogens (tertiary/aromatic N) is 1. The molecule has 1 rings (SSSR count). The van der Waals surface area contributed by atoms with E-state index in [2.05, 4.69) is 10.3 Å². The van der Waals surface area contributed by atoms with Gasteiger partial charge in [-0.25, -0.2) is 4.98 Å². The maximum absolute atomic E-state index is 11.5. The number of hydrogen-bond acceptors (Lipinski definition) is 4. The van der Waals surface area contributed by atoms with Gasteiger partial charge < -0.3 is 16.8 Å². The first-order chi connectivity index (χ1) is 7.59. The first kappa shape index (κ1) is 12.0. The van der Waals surface area contributed by atoms with Crippen LogP contribution in [0.3, 0.4) is 0 Å². The van der Waals surface area contributed by atoms with Crippen molar-refractivity contribution >= 4 is 17.5 Å². The molecule has 0 atom stereocenters. The van der Waals surface area contributed by atoms with E-state index in [1.807, 2.05) is 0 Å². The van der Waals surface area contributed by atoms with Gasteiger partial charge in [-0.3, -0.25) is 9.59 Å². The molecule has 1 aromatic heterocycles. The van der Waals surface area contributed by atoms with Gasteiger partial charge in [-0.1, -0.05) is 0 Å². The molecule has 2 amide bonds. The van der Waals surface area contributed by atoms with Gasteiger partial charge >= 0.3 is 0 Å². The topological polar surface area (TPSA) is 111 Å². The van der Waals surface area contributed by atoms with E-state index in [-0.39, 0.29) is 18.2 Å². The van der Waals surface area contributed by atoms with Crippen LogP contribution in [0.15, 0.2) is 18.3 Å². The summed E-state index contributed by atoms with van der Waals surface area (Å²) in [7, 11) is 0. The highest BCUT2D eigenvalue weighted by Crippen LogP contribution is 2.00. The zero-order chi connectivity index (χ0) is 12.0. The number of anilines is 1. The molecule has 1 aromatic rings. The lowest BCUT2D eigenvalue weighted by Crippen LogP contribution is -2.26. The maximum Gasteiger partial charge on any atom is 0.269 e. The van der Waals surface area contributed by atoms with Crippen molar-refractivity contribution in [2.45, 2.75) is 12.8 Å². The van der Waals surface area contributed by atoms with Crippen LogP contribution in [0.5, 0.6) is 0 Å². The summed E-state index contributed by atoms with van der Waals surface area (Å²) in [5.41, 5.74) is 11.2. The Morgan fingerprint density at radius 3 is 2.69 bits per heavy atom. The van der Waals surface area contributed by atoms with Crippen LogP contribution in [0.1, 0.15) is 23.3 Å². The number of hydrogen-bond donors (Lipinski definition) is 3. The molecule has 6 nitrogen and oxygen atoms in total. The smallest absolute Gasteiger partial charge is 0.269 e. The molecular formula is C10H14N4O2. The minimum atomic E-state index is -0.375. The molecule has 16 heavy (non-hydrogen) atoms. The molecule has 5 N–H and O–H groups in total. The lowest BCUT2D eigenvalue weighted by molar-refractivity contribution is -0.118. The fraction of sp³-hybridized carbons (Fsp3) is 0.300. The molecule has 1 heterocycles. The highest BCUT2D eigenvalue weighted by atomic mass is 16.2. The standard InChI is InChI=1S/C10H14N4O2/c11-7-3-4-8(14-6-7)10(16)13-5-1-2-9(12)15/h3-4,6H,1-2,5,11H2,(H2,12,15)(H,13,16). The van der Waals surface area contributed by atoms with Crippen molar-refractivity contribution in [3.05, 3.63) is 24.0 Å². The van der Waals surface area contributed by atoms with Crippen molar-refractivity contribution < 1.29 is 9.59 Å². The largest absolute Gasteiger partial charge is 0.397 e. The van der Waals surface area contributed by atoms with Gasteiger partial charge in [0, 0.05) is 13.0 Å². The van der Waals surface area contributed by atoms with E-state index in [1.165, 1.54) is 6.20 Å². The average Bonchev–Trinajstić information content (AvgIpc) is 2.25. The Bertz CT molecular complexity index is 375. The Morgan fingerprint density at radius 1 is 1.38 bits per heavy atom. The molecule has 0 bridgehead atoms. The molecule has 0 aliphatic heterocycles. The molecule has 0 saturated heterocycles. The van der Waals surface area contributed by atoms with Crippen LogP contribution in [0.4, 0.5) is 5.69 Å². The SMILES string of the molecule is NC(=O)CCCNC(=O)c1ccc(N)cn1. The van der Waals surface area contributed by atoms with E-state index in [1.54, 1.807) is 12.1 Å². The molecule has 86 valence electrons. The Morgan fingerprint density at radius 2 is 2.12 bits per heavy atom. The number of nitrogen functional groups attached to an aromatic ring is 1. The average molecular weight is 222 g/mol. The van der Waals surface area contributed by atoms with E-state index in [0.717, 1.165) is 0 Å². The normalized spacial score (nSPS) is 9.75. The van der Waals surface area contributed by atoms with Crippen LogP contribution in [0.25, 0.3) is 0 Å². The highest BCUT2D eigenvalue weighted by molar-refractivity contribution is 5.92. The van der Waals surface area contributed by atoms with Crippen LogP contribution in [0, 0.1) is 0 Å². The second-order valence-corrected chi connectivity index (χ2v) is 3.30. The van der Waals surface area contributed by atoms with E-state index < -0.39 is 0 Å². The van der Waals surface area contributed by atoms with Crippen molar-refractivity contribution in [2.24, 2.45) is 5.73 Å². The quantitative estimate of drug-likeness (QED) is 0.591. The van der Waals surface area contributed by atoms with Gasteiger partial charge in [-0.2, -0.15) is 0 Å². The summed E-state index contributed by atoms with van der Waals surface area (Å²) in [5, 5.41) is 2.62. The first-order valence-electron chi connectivity index (χ1n) is 4.87. The Kier molecular flexibility index (Phi) is 4.26. The van der Waals surface area contributed by atoms with Gasteiger partial charge in [0.2, 0.25) is 5.91 Å². The van der Waals surface area contributed by atoms with Crippen LogP contribution >= 0.6 is 0 Å². The van der Waals surface area contributed by atoms with Gasteiger partial charge in [0.05, 0.1) is 11.9 Å². The van der Waals surface area contributed by atoms with Gasteiger partial charge in [0.25, 0.3) is 5.91 Å². The number of carbonyl (C=O) groups is 2. The molecular weight excluding hydrogens is 208 g/mol. The van der Waals surface area contributed by atoms with Gasteiger partial charge in [0.15, 0.2) is 0 Å². The summed E-state index contributed by atoms with van der Waals surface area (Å²) in [4.78, 5) is 25.8. The highest BCUT2D eigenvalue weighted by Gasteiger charge is 2.05. The van der Waals surface area contributed by atoms with Crippen molar-refractivity contribution in [1.29, 1.82) is 0 Å². The fourth-order valence-corrected chi connectivity index (χ4v) is 1.09. The second kappa shape index (κ2) is 5.69. The molecule has 0 fully saturated rings. The van der Waals surface area contributed by atoms with Gasteiger partial charge in [0.1, 0.15) is 5.69 Å². The molecule has 0 aromatic carbocycles. The van der Waals surface area contributed by atoms with E-state index in [0.29, 0.717) is 24.3 Å². The zero-order valence-corrected chi connectivity index (χ0v) is 8.77. The summed E-state index contributed by atoms with van der Waals surface area (Å²) < 4.78 is 0. The molecule has 0 aliphatic carbocycles. The Balaban J connectivity index is 2.35. The maximum atomic E-state index is 11.5. The third kappa shape index (κ3) is 3.95. The Hall–Kier alpha value is -2.11. The summed E-state index contributed by atoms with van der Waals surface area (Å²) in [6.07, 6.45) is 2.20. The third-order valence-corrected chi connectivity index (χ3v) is 1.90. The summed E-state index contributed by atoms with van der Waals surface area (Å²) >= 11 is 0. The second-order valence-electron chi connectivity index (χ2n) is 3.30. The first-order valence-corrected chi connectivity index (χ1v) is 4.87.